The average molecular weight is 206 g/mol. The molecule has 0 bridgehead atoms. The molecule has 3 nitrogen and oxygen atoms in total. The third kappa shape index (κ3) is 1.80. The predicted octanol–water partition coefficient (Wildman–Crippen LogP) is 2.47. The highest BCUT2D eigenvalue weighted by molar-refractivity contribution is 7.79. The van der Waals surface area contributed by atoms with Crippen LogP contribution in [0.1, 0.15) is 11.6 Å². The van der Waals surface area contributed by atoms with Crippen molar-refractivity contribution in [2.75, 3.05) is 0 Å². The topological polar surface area (TPSA) is 38.9 Å². The molecule has 2 heterocycles. The monoisotopic (exact) mass is 206 g/mol. The van der Waals surface area contributed by atoms with Gasteiger partial charge in [0, 0.05) is 12.4 Å². The van der Waals surface area contributed by atoms with Crippen molar-refractivity contribution in [2.45, 2.75) is 12.7 Å². The molecule has 0 aliphatic heterocycles. The molecular weight excluding hydrogens is 196 g/mol. The molecule has 0 spiro atoms. The van der Waals surface area contributed by atoms with Gasteiger partial charge in [-0.1, -0.05) is 0 Å². The summed E-state index contributed by atoms with van der Waals surface area (Å²) >= 11 is 4.09. The molecule has 0 atom stereocenters. The van der Waals surface area contributed by atoms with Gasteiger partial charge in [0.1, 0.15) is 17.3 Å². The van der Waals surface area contributed by atoms with E-state index < -0.39 is 0 Å². The fourth-order valence-corrected chi connectivity index (χ4v) is 1.32. The van der Waals surface area contributed by atoms with E-state index in [-0.39, 0.29) is 0 Å². The second-order valence-electron chi connectivity index (χ2n) is 2.96. The summed E-state index contributed by atoms with van der Waals surface area (Å²) in [6.45, 7) is 1.91. The first-order chi connectivity index (χ1) is 6.79. The van der Waals surface area contributed by atoms with Crippen LogP contribution in [-0.4, -0.2) is 9.97 Å². The van der Waals surface area contributed by atoms with Gasteiger partial charge in [0.15, 0.2) is 0 Å². The standard InChI is InChI=1S/C10H10N2OS/c1-7-2-3-9(13-7)8-4-11-10(6-14)12-5-8/h2-5,14H,6H2,1H3. The molecule has 0 aromatic carbocycles. The van der Waals surface area contributed by atoms with Crippen LogP contribution in [0, 0.1) is 6.92 Å². The molecule has 0 unspecified atom stereocenters. The molecule has 0 aliphatic rings. The number of aryl methyl sites for hydroxylation is 1. The van der Waals surface area contributed by atoms with Crippen molar-refractivity contribution in [3.63, 3.8) is 0 Å². The van der Waals surface area contributed by atoms with Crippen molar-refractivity contribution < 1.29 is 4.42 Å². The Hall–Kier alpha value is -1.29. The molecule has 2 aromatic heterocycles. The molecule has 2 rings (SSSR count). The Kier molecular flexibility index (Phi) is 2.54. The minimum atomic E-state index is 0.553. The van der Waals surface area contributed by atoms with Crippen LogP contribution in [-0.2, 0) is 5.75 Å². The van der Waals surface area contributed by atoms with Crippen molar-refractivity contribution in [2.24, 2.45) is 0 Å². The van der Waals surface area contributed by atoms with E-state index in [0.717, 1.165) is 22.9 Å². The fourth-order valence-electron chi connectivity index (χ4n) is 1.15. The Morgan fingerprint density at radius 2 is 2.00 bits per heavy atom. The Morgan fingerprint density at radius 3 is 2.50 bits per heavy atom. The molecular formula is C10H10N2OS. The zero-order valence-corrected chi connectivity index (χ0v) is 8.66. The van der Waals surface area contributed by atoms with Crippen LogP contribution in [0.5, 0.6) is 0 Å². The lowest BCUT2D eigenvalue weighted by Crippen LogP contribution is -1.90. The molecule has 14 heavy (non-hydrogen) atoms. The van der Waals surface area contributed by atoms with Gasteiger partial charge in [-0.3, -0.25) is 0 Å². The molecule has 0 saturated heterocycles. The fraction of sp³-hybridized carbons (Fsp3) is 0.200. The zero-order valence-electron chi connectivity index (χ0n) is 7.77. The van der Waals surface area contributed by atoms with E-state index >= 15 is 0 Å². The average Bonchev–Trinajstić information content (AvgIpc) is 2.65. The number of hydrogen-bond donors (Lipinski definition) is 1. The normalized spacial score (nSPS) is 10.4. The molecule has 2 aromatic rings. The van der Waals surface area contributed by atoms with Gasteiger partial charge >= 0.3 is 0 Å². The Balaban J connectivity index is 2.33. The van der Waals surface area contributed by atoms with Gasteiger partial charge in [-0.25, -0.2) is 9.97 Å². The highest BCUT2D eigenvalue weighted by atomic mass is 32.1. The molecule has 72 valence electrons. The van der Waals surface area contributed by atoms with Crippen molar-refractivity contribution in [3.05, 3.63) is 36.1 Å². The highest BCUT2D eigenvalue weighted by Crippen LogP contribution is 2.19. The minimum Gasteiger partial charge on any atom is -0.461 e. The Labute approximate surface area is 87.6 Å². The third-order valence-corrected chi connectivity index (χ3v) is 2.15. The van der Waals surface area contributed by atoms with Gasteiger partial charge in [-0.05, 0) is 19.1 Å². The van der Waals surface area contributed by atoms with Gasteiger partial charge < -0.3 is 4.42 Å². The molecule has 0 fully saturated rings. The van der Waals surface area contributed by atoms with Gasteiger partial charge in [-0.2, -0.15) is 12.6 Å². The Morgan fingerprint density at radius 1 is 1.29 bits per heavy atom. The summed E-state index contributed by atoms with van der Waals surface area (Å²) in [7, 11) is 0. The maximum atomic E-state index is 5.44. The number of aromatic nitrogens is 2. The molecule has 0 saturated carbocycles. The summed E-state index contributed by atoms with van der Waals surface area (Å²) in [5.74, 6) is 2.96. The molecule has 0 N–H and O–H groups in total. The van der Waals surface area contributed by atoms with E-state index in [1.807, 2.05) is 19.1 Å². The van der Waals surface area contributed by atoms with Gasteiger partial charge in [0.25, 0.3) is 0 Å². The summed E-state index contributed by atoms with van der Waals surface area (Å²) in [5, 5.41) is 0. The lowest BCUT2D eigenvalue weighted by atomic mass is 10.3. The number of nitrogens with zero attached hydrogens (tertiary/aromatic N) is 2. The first kappa shape index (κ1) is 9.27. The minimum absolute atomic E-state index is 0.553. The van der Waals surface area contributed by atoms with E-state index in [4.69, 9.17) is 4.42 Å². The van der Waals surface area contributed by atoms with Crippen molar-refractivity contribution in [3.8, 4) is 11.3 Å². The summed E-state index contributed by atoms with van der Waals surface area (Å²) in [6, 6.07) is 3.83. The maximum absolute atomic E-state index is 5.44. The van der Waals surface area contributed by atoms with Crippen LogP contribution < -0.4 is 0 Å². The van der Waals surface area contributed by atoms with E-state index in [1.165, 1.54) is 0 Å². The van der Waals surface area contributed by atoms with Crippen molar-refractivity contribution in [1.29, 1.82) is 0 Å². The summed E-state index contributed by atoms with van der Waals surface area (Å²) in [6.07, 6.45) is 3.49. The van der Waals surface area contributed by atoms with Crippen LogP contribution in [0.15, 0.2) is 28.9 Å². The smallest absolute Gasteiger partial charge is 0.137 e. The van der Waals surface area contributed by atoms with Crippen LogP contribution in [0.4, 0.5) is 0 Å². The maximum Gasteiger partial charge on any atom is 0.137 e. The summed E-state index contributed by atoms with van der Waals surface area (Å²) < 4.78 is 5.44. The zero-order chi connectivity index (χ0) is 9.97. The number of rotatable bonds is 2. The van der Waals surface area contributed by atoms with Crippen molar-refractivity contribution in [1.82, 2.24) is 9.97 Å². The molecule has 4 heteroatoms. The molecule has 0 radical (unpaired) electrons. The third-order valence-electron chi connectivity index (χ3n) is 1.87. The summed E-state index contributed by atoms with van der Waals surface area (Å²) in [4.78, 5) is 8.27. The molecule has 0 aliphatic carbocycles. The first-order valence-corrected chi connectivity index (χ1v) is 4.91. The van der Waals surface area contributed by atoms with Gasteiger partial charge in [0.2, 0.25) is 0 Å². The number of hydrogen-bond acceptors (Lipinski definition) is 4. The van der Waals surface area contributed by atoms with Crippen molar-refractivity contribution >= 4 is 12.6 Å². The number of thiol groups is 1. The van der Waals surface area contributed by atoms with Crippen LogP contribution in [0.3, 0.4) is 0 Å². The van der Waals surface area contributed by atoms with Gasteiger partial charge in [0.05, 0.1) is 11.3 Å². The van der Waals surface area contributed by atoms with E-state index in [0.29, 0.717) is 5.75 Å². The second-order valence-corrected chi connectivity index (χ2v) is 3.27. The second kappa shape index (κ2) is 3.84. The highest BCUT2D eigenvalue weighted by Gasteiger charge is 2.03. The quantitative estimate of drug-likeness (QED) is 0.767. The summed E-state index contributed by atoms with van der Waals surface area (Å²) in [5.41, 5.74) is 0.892. The van der Waals surface area contributed by atoms with Gasteiger partial charge in [-0.15, -0.1) is 0 Å². The van der Waals surface area contributed by atoms with E-state index in [9.17, 15) is 0 Å². The SMILES string of the molecule is Cc1ccc(-c2cnc(CS)nc2)o1. The van der Waals surface area contributed by atoms with Crippen LogP contribution in [0.2, 0.25) is 0 Å². The number of furan rings is 1. The largest absolute Gasteiger partial charge is 0.461 e. The lowest BCUT2D eigenvalue weighted by Gasteiger charge is -1.97. The van der Waals surface area contributed by atoms with E-state index in [2.05, 4.69) is 22.6 Å². The van der Waals surface area contributed by atoms with Crippen LogP contribution in [0.25, 0.3) is 11.3 Å². The predicted molar refractivity (Wildman–Crippen MR) is 57.2 cm³/mol. The Bertz CT molecular complexity index is 422. The van der Waals surface area contributed by atoms with E-state index in [1.54, 1.807) is 12.4 Å². The van der Waals surface area contributed by atoms with Crippen LogP contribution >= 0.6 is 12.6 Å². The lowest BCUT2D eigenvalue weighted by molar-refractivity contribution is 0.548. The molecule has 0 amide bonds. The first-order valence-electron chi connectivity index (χ1n) is 4.28.